The molecule has 0 fully saturated rings. The van der Waals surface area contributed by atoms with Gasteiger partial charge in [0.2, 0.25) is 0 Å². The molecule has 0 aliphatic carbocycles. The summed E-state index contributed by atoms with van der Waals surface area (Å²) in [5.41, 5.74) is 7.46. The summed E-state index contributed by atoms with van der Waals surface area (Å²) in [6, 6.07) is 5.16. The van der Waals surface area contributed by atoms with Gasteiger partial charge in [-0.3, -0.25) is 0 Å². The average molecular weight is 282 g/mol. The highest BCUT2D eigenvalue weighted by molar-refractivity contribution is 5.96. The number of nitrogens with two attached hydrogens (primary N) is 1. The molecule has 0 aliphatic rings. The minimum atomic E-state index is -0.406. The Hall–Kier alpha value is -1.79. The molecule has 1 aromatic carbocycles. The van der Waals surface area contributed by atoms with Crippen LogP contribution in [-0.2, 0) is 14.2 Å². The minimum absolute atomic E-state index is 0.199. The van der Waals surface area contributed by atoms with Crippen molar-refractivity contribution >= 4 is 17.3 Å². The Balaban J connectivity index is 2.52. The van der Waals surface area contributed by atoms with Crippen LogP contribution in [0.25, 0.3) is 0 Å². The lowest BCUT2D eigenvalue weighted by Crippen LogP contribution is -2.17. The van der Waals surface area contributed by atoms with E-state index in [-0.39, 0.29) is 6.61 Å². The lowest BCUT2D eigenvalue weighted by Gasteiger charge is -2.17. The maximum atomic E-state index is 12.0. The van der Waals surface area contributed by atoms with Gasteiger partial charge in [0, 0.05) is 26.9 Å². The van der Waals surface area contributed by atoms with E-state index in [2.05, 4.69) is 0 Å². The number of nitrogens with zero attached hydrogens (tertiary/aromatic N) is 1. The van der Waals surface area contributed by atoms with Gasteiger partial charge >= 0.3 is 5.97 Å². The Bertz CT molecular complexity index is 435. The summed E-state index contributed by atoms with van der Waals surface area (Å²) in [6.07, 6.45) is 0. The topological polar surface area (TPSA) is 74.0 Å². The zero-order valence-electron chi connectivity index (χ0n) is 12.2. The van der Waals surface area contributed by atoms with Gasteiger partial charge in [-0.15, -0.1) is 0 Å². The van der Waals surface area contributed by atoms with Crippen LogP contribution in [0.2, 0.25) is 0 Å². The Labute approximate surface area is 119 Å². The third-order valence-corrected chi connectivity index (χ3v) is 2.61. The molecule has 0 amide bonds. The van der Waals surface area contributed by atoms with Crippen molar-refractivity contribution in [3.8, 4) is 0 Å². The first-order valence-electron chi connectivity index (χ1n) is 6.37. The Kier molecular flexibility index (Phi) is 6.83. The Morgan fingerprint density at radius 3 is 2.55 bits per heavy atom. The van der Waals surface area contributed by atoms with Crippen molar-refractivity contribution in [1.82, 2.24) is 0 Å². The largest absolute Gasteiger partial charge is 0.460 e. The lowest BCUT2D eigenvalue weighted by molar-refractivity contribution is 0.0214. The molecule has 1 rings (SSSR count). The number of esters is 1. The quantitative estimate of drug-likeness (QED) is 0.438. The van der Waals surface area contributed by atoms with Crippen LogP contribution in [-0.4, -0.2) is 53.6 Å². The molecular formula is C14H22N2O4. The zero-order chi connectivity index (χ0) is 15.0. The van der Waals surface area contributed by atoms with Crippen molar-refractivity contribution in [2.24, 2.45) is 0 Å². The summed E-state index contributed by atoms with van der Waals surface area (Å²) in [4.78, 5) is 13.9. The highest BCUT2D eigenvalue weighted by atomic mass is 16.6. The van der Waals surface area contributed by atoms with Crippen molar-refractivity contribution in [3.63, 3.8) is 0 Å². The first-order valence-corrected chi connectivity index (χ1v) is 6.37. The minimum Gasteiger partial charge on any atom is -0.460 e. The van der Waals surface area contributed by atoms with Gasteiger partial charge in [-0.05, 0) is 18.2 Å². The molecule has 112 valence electrons. The van der Waals surface area contributed by atoms with Gasteiger partial charge in [-0.2, -0.15) is 0 Å². The molecule has 0 saturated carbocycles. The van der Waals surface area contributed by atoms with Crippen LogP contribution in [0.5, 0.6) is 0 Å². The van der Waals surface area contributed by atoms with Gasteiger partial charge in [0.15, 0.2) is 0 Å². The van der Waals surface area contributed by atoms with E-state index < -0.39 is 5.97 Å². The van der Waals surface area contributed by atoms with Gasteiger partial charge in [0.05, 0.1) is 31.1 Å². The predicted molar refractivity (Wildman–Crippen MR) is 78.2 cm³/mol. The maximum absolute atomic E-state index is 12.0. The van der Waals surface area contributed by atoms with Crippen LogP contribution < -0.4 is 10.6 Å². The molecule has 0 aliphatic heterocycles. The number of anilines is 2. The maximum Gasteiger partial charge on any atom is 0.340 e. The monoisotopic (exact) mass is 282 g/mol. The standard InChI is InChI=1S/C14H22N2O4/c1-16(2)13-5-4-11(15)10-12(13)14(17)20-9-8-19-7-6-18-3/h4-5,10H,6-9,15H2,1-3H3. The Morgan fingerprint density at radius 1 is 1.20 bits per heavy atom. The molecule has 0 radical (unpaired) electrons. The molecule has 6 nitrogen and oxygen atoms in total. The second-order valence-electron chi connectivity index (χ2n) is 4.41. The third kappa shape index (κ3) is 5.07. The van der Waals surface area contributed by atoms with Gasteiger partial charge in [-0.1, -0.05) is 0 Å². The van der Waals surface area contributed by atoms with Crippen molar-refractivity contribution in [3.05, 3.63) is 23.8 Å². The second-order valence-corrected chi connectivity index (χ2v) is 4.41. The highest BCUT2D eigenvalue weighted by Crippen LogP contribution is 2.22. The van der Waals surface area contributed by atoms with Crippen molar-refractivity contribution in [2.45, 2.75) is 0 Å². The zero-order valence-corrected chi connectivity index (χ0v) is 12.2. The first kappa shape index (κ1) is 16.3. The predicted octanol–water partition coefficient (Wildman–Crippen LogP) is 1.15. The van der Waals surface area contributed by atoms with Crippen LogP contribution in [0.3, 0.4) is 0 Å². The molecule has 0 atom stereocenters. The smallest absolute Gasteiger partial charge is 0.340 e. The number of carbonyl (C=O) groups excluding carboxylic acids is 1. The van der Waals surface area contributed by atoms with Crippen LogP contribution in [0, 0.1) is 0 Å². The van der Waals surface area contributed by atoms with Gasteiger partial charge in [-0.25, -0.2) is 4.79 Å². The fourth-order valence-electron chi connectivity index (χ4n) is 1.62. The molecule has 20 heavy (non-hydrogen) atoms. The lowest BCUT2D eigenvalue weighted by atomic mass is 10.1. The summed E-state index contributed by atoms with van der Waals surface area (Å²) in [6.45, 7) is 1.54. The number of carbonyl (C=O) groups is 1. The molecule has 1 aromatic rings. The molecule has 6 heteroatoms. The fraction of sp³-hybridized carbons (Fsp3) is 0.500. The third-order valence-electron chi connectivity index (χ3n) is 2.61. The molecule has 0 saturated heterocycles. The highest BCUT2D eigenvalue weighted by Gasteiger charge is 2.14. The number of methoxy groups -OCH3 is 1. The number of hydrogen-bond donors (Lipinski definition) is 1. The normalized spacial score (nSPS) is 10.3. The number of ether oxygens (including phenoxy) is 3. The molecular weight excluding hydrogens is 260 g/mol. The second kappa shape index (κ2) is 8.39. The summed E-state index contributed by atoms with van der Waals surface area (Å²) in [5, 5.41) is 0. The van der Waals surface area contributed by atoms with Crippen molar-refractivity contribution < 1.29 is 19.0 Å². The SMILES string of the molecule is COCCOCCOC(=O)c1cc(N)ccc1N(C)C. The van der Waals surface area contributed by atoms with Crippen molar-refractivity contribution in [2.75, 3.05) is 58.3 Å². The van der Waals surface area contributed by atoms with Gasteiger partial charge < -0.3 is 24.8 Å². The molecule has 0 bridgehead atoms. The molecule has 2 N–H and O–H groups in total. The summed E-state index contributed by atoms with van der Waals surface area (Å²) in [7, 11) is 5.32. The van der Waals surface area contributed by atoms with E-state index in [0.29, 0.717) is 31.1 Å². The number of nitrogen functional groups attached to an aromatic ring is 1. The van der Waals surface area contributed by atoms with E-state index in [1.807, 2.05) is 19.0 Å². The van der Waals surface area contributed by atoms with Crippen LogP contribution in [0.15, 0.2) is 18.2 Å². The Morgan fingerprint density at radius 2 is 1.90 bits per heavy atom. The molecule has 0 unspecified atom stereocenters. The fourth-order valence-corrected chi connectivity index (χ4v) is 1.62. The van der Waals surface area contributed by atoms with E-state index in [1.165, 1.54) is 0 Å². The van der Waals surface area contributed by atoms with E-state index >= 15 is 0 Å². The van der Waals surface area contributed by atoms with E-state index in [0.717, 1.165) is 5.69 Å². The average Bonchev–Trinajstić information content (AvgIpc) is 2.42. The number of rotatable bonds is 8. The molecule has 0 heterocycles. The van der Waals surface area contributed by atoms with Gasteiger partial charge in [0.1, 0.15) is 6.61 Å². The summed E-state index contributed by atoms with van der Waals surface area (Å²) >= 11 is 0. The van der Waals surface area contributed by atoms with E-state index in [4.69, 9.17) is 19.9 Å². The van der Waals surface area contributed by atoms with Crippen LogP contribution in [0.4, 0.5) is 11.4 Å². The van der Waals surface area contributed by atoms with Gasteiger partial charge in [0.25, 0.3) is 0 Å². The van der Waals surface area contributed by atoms with E-state index in [9.17, 15) is 4.79 Å². The summed E-state index contributed by atoms with van der Waals surface area (Å²) in [5.74, 6) is -0.406. The summed E-state index contributed by atoms with van der Waals surface area (Å²) < 4.78 is 15.2. The number of hydrogen-bond acceptors (Lipinski definition) is 6. The van der Waals surface area contributed by atoms with E-state index in [1.54, 1.807) is 25.3 Å². The first-order chi connectivity index (χ1) is 9.56. The molecule has 0 aromatic heterocycles. The number of benzene rings is 1. The van der Waals surface area contributed by atoms with Crippen LogP contribution in [0.1, 0.15) is 10.4 Å². The van der Waals surface area contributed by atoms with Crippen LogP contribution >= 0.6 is 0 Å². The van der Waals surface area contributed by atoms with Crippen molar-refractivity contribution in [1.29, 1.82) is 0 Å². The molecule has 0 spiro atoms.